The minimum atomic E-state index is -4.82. The van der Waals surface area contributed by atoms with E-state index in [0.717, 1.165) is 12.3 Å². The van der Waals surface area contributed by atoms with E-state index in [2.05, 4.69) is 9.72 Å². The molecule has 0 bridgehead atoms. The second-order valence-electron chi connectivity index (χ2n) is 3.40. The van der Waals surface area contributed by atoms with Gasteiger partial charge in [-0.05, 0) is 12.1 Å². The van der Waals surface area contributed by atoms with Crippen molar-refractivity contribution in [1.29, 1.82) is 0 Å². The number of para-hydroxylation sites is 1. The Kier molecular flexibility index (Phi) is 3.18. The van der Waals surface area contributed by atoms with E-state index >= 15 is 0 Å². The lowest BCUT2D eigenvalue weighted by Crippen LogP contribution is -2.17. The van der Waals surface area contributed by atoms with E-state index in [0.29, 0.717) is 0 Å². The van der Waals surface area contributed by atoms with Crippen LogP contribution in [-0.4, -0.2) is 11.3 Å². The molecule has 0 atom stereocenters. The fourth-order valence-corrected chi connectivity index (χ4v) is 1.50. The van der Waals surface area contributed by atoms with E-state index in [1.165, 1.54) is 30.5 Å². The van der Waals surface area contributed by atoms with Gasteiger partial charge in [0.2, 0.25) is 0 Å². The second kappa shape index (κ2) is 4.64. The van der Waals surface area contributed by atoms with Gasteiger partial charge < -0.3 is 4.74 Å². The number of halogens is 4. The van der Waals surface area contributed by atoms with Crippen LogP contribution in [0, 0.1) is 5.82 Å². The molecule has 1 aromatic carbocycles. The van der Waals surface area contributed by atoms with Gasteiger partial charge in [0, 0.05) is 17.3 Å². The average Bonchev–Trinajstić information content (AvgIpc) is 2.29. The summed E-state index contributed by atoms with van der Waals surface area (Å²) in [6.45, 7) is 0. The highest BCUT2D eigenvalue weighted by Crippen LogP contribution is 2.34. The number of alkyl halides is 3. The molecule has 1 heterocycles. The molecule has 0 radical (unpaired) electrons. The van der Waals surface area contributed by atoms with Crippen LogP contribution >= 0.6 is 0 Å². The van der Waals surface area contributed by atoms with Crippen molar-refractivity contribution >= 4 is 0 Å². The molecule has 18 heavy (non-hydrogen) atoms. The van der Waals surface area contributed by atoms with Crippen molar-refractivity contribution < 1.29 is 22.3 Å². The monoisotopic (exact) mass is 257 g/mol. The molecule has 0 spiro atoms. The van der Waals surface area contributed by atoms with Gasteiger partial charge in [-0.2, -0.15) is 0 Å². The van der Waals surface area contributed by atoms with E-state index in [1.54, 1.807) is 0 Å². The fraction of sp³-hybridized carbons (Fsp3) is 0.0833. The van der Waals surface area contributed by atoms with E-state index < -0.39 is 17.9 Å². The van der Waals surface area contributed by atoms with Crippen molar-refractivity contribution in [3.8, 4) is 16.9 Å². The number of pyridine rings is 1. The number of nitrogens with zero attached hydrogens (tertiary/aromatic N) is 1. The molecular formula is C12H7F4NO. The lowest BCUT2D eigenvalue weighted by atomic mass is 10.1. The highest BCUT2D eigenvalue weighted by atomic mass is 19.4. The average molecular weight is 257 g/mol. The molecule has 0 fully saturated rings. The number of hydrogen-bond acceptors (Lipinski definition) is 2. The van der Waals surface area contributed by atoms with Gasteiger partial charge in [-0.25, -0.2) is 4.39 Å². The first-order valence-electron chi connectivity index (χ1n) is 4.92. The third-order valence-corrected chi connectivity index (χ3v) is 2.18. The summed E-state index contributed by atoms with van der Waals surface area (Å²) >= 11 is 0. The number of aromatic nitrogens is 1. The van der Waals surface area contributed by atoms with Crippen LogP contribution in [0.1, 0.15) is 0 Å². The highest BCUT2D eigenvalue weighted by molar-refractivity contribution is 5.70. The van der Waals surface area contributed by atoms with Gasteiger partial charge in [-0.3, -0.25) is 4.98 Å². The second-order valence-corrected chi connectivity index (χ2v) is 3.40. The third-order valence-electron chi connectivity index (χ3n) is 2.18. The van der Waals surface area contributed by atoms with Crippen molar-refractivity contribution in [1.82, 2.24) is 4.98 Å². The van der Waals surface area contributed by atoms with Gasteiger partial charge in [0.15, 0.2) is 0 Å². The smallest absolute Gasteiger partial charge is 0.405 e. The normalized spacial score (nSPS) is 11.3. The van der Waals surface area contributed by atoms with Crippen molar-refractivity contribution in [2.45, 2.75) is 6.36 Å². The maximum atomic E-state index is 13.5. The van der Waals surface area contributed by atoms with E-state index in [9.17, 15) is 17.6 Å². The van der Waals surface area contributed by atoms with Gasteiger partial charge in [0.1, 0.15) is 11.6 Å². The molecule has 0 saturated heterocycles. The van der Waals surface area contributed by atoms with Crippen LogP contribution in [-0.2, 0) is 0 Å². The Morgan fingerprint density at radius 1 is 1.00 bits per heavy atom. The van der Waals surface area contributed by atoms with E-state index in [4.69, 9.17) is 0 Å². The first-order chi connectivity index (χ1) is 8.47. The van der Waals surface area contributed by atoms with Gasteiger partial charge in [0.25, 0.3) is 0 Å². The zero-order chi connectivity index (χ0) is 13.2. The van der Waals surface area contributed by atoms with Crippen LogP contribution in [0.3, 0.4) is 0 Å². The van der Waals surface area contributed by atoms with Crippen LogP contribution in [0.5, 0.6) is 5.75 Å². The molecule has 0 unspecified atom stereocenters. The molecule has 2 aromatic rings. The predicted octanol–water partition coefficient (Wildman–Crippen LogP) is 3.79. The summed E-state index contributed by atoms with van der Waals surface area (Å²) in [5.41, 5.74) is 0.0274. The van der Waals surface area contributed by atoms with Gasteiger partial charge in [0.05, 0.1) is 6.20 Å². The number of benzene rings is 1. The summed E-state index contributed by atoms with van der Waals surface area (Å²) in [5.74, 6) is -1.16. The summed E-state index contributed by atoms with van der Waals surface area (Å²) in [6, 6.07) is 6.64. The zero-order valence-corrected chi connectivity index (χ0v) is 8.91. The number of hydrogen-bond donors (Lipinski definition) is 0. The van der Waals surface area contributed by atoms with E-state index in [1.807, 2.05) is 0 Å². The predicted molar refractivity (Wildman–Crippen MR) is 56.3 cm³/mol. The molecule has 0 aliphatic heterocycles. The van der Waals surface area contributed by atoms with E-state index in [-0.39, 0.29) is 11.1 Å². The van der Waals surface area contributed by atoms with Crippen LogP contribution in [0.4, 0.5) is 17.6 Å². The maximum absolute atomic E-state index is 13.5. The molecule has 0 amide bonds. The summed E-state index contributed by atoms with van der Waals surface area (Å²) < 4.78 is 54.0. The molecule has 1 aromatic heterocycles. The van der Waals surface area contributed by atoms with Crippen LogP contribution < -0.4 is 4.74 Å². The fourth-order valence-electron chi connectivity index (χ4n) is 1.50. The number of rotatable bonds is 2. The van der Waals surface area contributed by atoms with Gasteiger partial charge in [-0.15, -0.1) is 13.2 Å². The third kappa shape index (κ3) is 2.77. The minimum absolute atomic E-state index is 0.00449. The van der Waals surface area contributed by atoms with Crippen molar-refractivity contribution in [3.63, 3.8) is 0 Å². The Balaban J connectivity index is 2.49. The first kappa shape index (κ1) is 12.3. The molecule has 0 aliphatic rings. The molecule has 2 nitrogen and oxygen atoms in total. The summed E-state index contributed by atoms with van der Waals surface area (Å²) in [6.07, 6.45) is -2.60. The van der Waals surface area contributed by atoms with Crippen LogP contribution in [0.25, 0.3) is 11.1 Å². The molecule has 94 valence electrons. The molecule has 0 aliphatic carbocycles. The van der Waals surface area contributed by atoms with Gasteiger partial charge >= 0.3 is 6.36 Å². The lowest BCUT2D eigenvalue weighted by Gasteiger charge is -2.13. The molecular weight excluding hydrogens is 250 g/mol. The quantitative estimate of drug-likeness (QED) is 0.764. The SMILES string of the molecule is Fc1cnccc1-c1ccccc1OC(F)(F)F. The van der Waals surface area contributed by atoms with Crippen molar-refractivity contribution in [3.05, 3.63) is 48.5 Å². The zero-order valence-electron chi connectivity index (χ0n) is 8.91. The lowest BCUT2D eigenvalue weighted by molar-refractivity contribution is -0.274. The van der Waals surface area contributed by atoms with Crippen molar-refractivity contribution in [2.75, 3.05) is 0 Å². The Morgan fingerprint density at radius 2 is 1.72 bits per heavy atom. The van der Waals surface area contributed by atoms with Crippen LogP contribution in [0.15, 0.2) is 42.7 Å². The molecule has 0 saturated carbocycles. The Bertz CT molecular complexity index is 554. The van der Waals surface area contributed by atoms with Crippen molar-refractivity contribution in [2.24, 2.45) is 0 Å². The molecule has 6 heteroatoms. The van der Waals surface area contributed by atoms with Crippen LogP contribution in [0.2, 0.25) is 0 Å². The molecule has 0 N–H and O–H groups in total. The minimum Gasteiger partial charge on any atom is -0.405 e. The summed E-state index contributed by atoms with van der Waals surface area (Å²) in [7, 11) is 0. The maximum Gasteiger partial charge on any atom is 0.573 e. The Morgan fingerprint density at radius 3 is 2.39 bits per heavy atom. The summed E-state index contributed by atoms with van der Waals surface area (Å²) in [5, 5.41) is 0. The standard InChI is InChI=1S/C12H7F4NO/c13-10-7-17-6-5-8(10)9-3-1-2-4-11(9)18-12(14,15)16/h1-7H. The topological polar surface area (TPSA) is 22.1 Å². The Labute approximate surface area is 99.8 Å². The Hall–Kier alpha value is -2.11. The summed E-state index contributed by atoms with van der Waals surface area (Å²) in [4.78, 5) is 3.54. The molecule has 2 rings (SSSR count). The largest absolute Gasteiger partial charge is 0.573 e. The first-order valence-corrected chi connectivity index (χ1v) is 4.92. The highest BCUT2D eigenvalue weighted by Gasteiger charge is 2.32. The van der Waals surface area contributed by atoms with Gasteiger partial charge in [-0.1, -0.05) is 18.2 Å². The number of ether oxygens (including phenoxy) is 1.